The lowest BCUT2D eigenvalue weighted by Gasteiger charge is -2.00. The molecule has 2 rings (SSSR count). The van der Waals surface area contributed by atoms with Gasteiger partial charge in [-0.05, 0) is 18.1 Å². The topological polar surface area (TPSA) is 69.2 Å². The van der Waals surface area contributed by atoms with E-state index in [4.69, 9.17) is 5.73 Å². The monoisotopic (exact) mass is 196 g/mol. The Morgan fingerprint density at radius 1 is 1.57 bits per heavy atom. The largest absolute Gasteiger partial charge is 0.327 e. The van der Waals surface area contributed by atoms with Gasteiger partial charge in [-0.3, -0.25) is 10.1 Å². The maximum atomic E-state index is 13.3. The van der Waals surface area contributed by atoms with Gasteiger partial charge in [0.05, 0.1) is 11.0 Å². The second-order valence-corrected chi connectivity index (χ2v) is 3.47. The summed E-state index contributed by atoms with van der Waals surface area (Å²) >= 11 is 0. The fourth-order valence-electron chi connectivity index (χ4n) is 1.50. The number of nitro benzene ring substituents is 1. The van der Waals surface area contributed by atoms with Crippen LogP contribution in [0.3, 0.4) is 0 Å². The first kappa shape index (κ1) is 9.08. The lowest BCUT2D eigenvalue weighted by Crippen LogP contribution is -2.02. The smallest absolute Gasteiger partial charge is 0.272 e. The third kappa shape index (κ3) is 1.46. The first-order valence-electron chi connectivity index (χ1n) is 4.29. The molecule has 1 aliphatic rings. The molecule has 0 unspecified atom stereocenters. The molecule has 0 amide bonds. The predicted molar refractivity (Wildman–Crippen MR) is 48.4 cm³/mol. The van der Waals surface area contributed by atoms with E-state index in [9.17, 15) is 14.5 Å². The molecule has 0 radical (unpaired) electrons. The number of hydrogen-bond donors (Lipinski definition) is 1. The third-order valence-electron chi connectivity index (χ3n) is 2.43. The van der Waals surface area contributed by atoms with Crippen LogP contribution in [0.1, 0.15) is 17.9 Å². The Labute approximate surface area is 79.7 Å². The zero-order valence-corrected chi connectivity index (χ0v) is 7.31. The maximum Gasteiger partial charge on any atom is 0.272 e. The SMILES string of the molecule is N[C@@H]1C[C@H]1c1ccc([N+](=O)[O-])cc1F. The second kappa shape index (κ2) is 3.02. The van der Waals surface area contributed by atoms with Crippen LogP contribution in [0.15, 0.2) is 18.2 Å². The van der Waals surface area contributed by atoms with Crippen molar-refractivity contribution in [3.05, 3.63) is 39.7 Å². The number of nitrogens with zero attached hydrogens (tertiary/aromatic N) is 1. The normalized spacial score (nSPS) is 24.7. The fraction of sp³-hybridized carbons (Fsp3) is 0.333. The molecule has 0 aromatic heterocycles. The van der Waals surface area contributed by atoms with Crippen molar-refractivity contribution >= 4 is 5.69 Å². The van der Waals surface area contributed by atoms with Crippen LogP contribution < -0.4 is 5.73 Å². The van der Waals surface area contributed by atoms with Crippen LogP contribution in [-0.2, 0) is 0 Å². The Bertz CT molecular complexity index is 394. The van der Waals surface area contributed by atoms with Crippen LogP contribution in [0.4, 0.5) is 10.1 Å². The number of benzene rings is 1. The molecule has 0 saturated heterocycles. The molecule has 0 bridgehead atoms. The van der Waals surface area contributed by atoms with Crippen molar-refractivity contribution in [2.24, 2.45) is 5.73 Å². The van der Waals surface area contributed by atoms with E-state index in [-0.39, 0.29) is 17.6 Å². The van der Waals surface area contributed by atoms with E-state index >= 15 is 0 Å². The van der Waals surface area contributed by atoms with Gasteiger partial charge in [0.2, 0.25) is 0 Å². The number of non-ortho nitro benzene ring substituents is 1. The van der Waals surface area contributed by atoms with Crippen molar-refractivity contribution in [1.29, 1.82) is 0 Å². The van der Waals surface area contributed by atoms with Gasteiger partial charge in [0.15, 0.2) is 0 Å². The van der Waals surface area contributed by atoms with Gasteiger partial charge in [-0.2, -0.15) is 0 Å². The summed E-state index contributed by atoms with van der Waals surface area (Å²) in [7, 11) is 0. The van der Waals surface area contributed by atoms with E-state index < -0.39 is 10.7 Å². The number of nitro groups is 1. The van der Waals surface area contributed by atoms with Crippen LogP contribution in [0.2, 0.25) is 0 Å². The second-order valence-electron chi connectivity index (χ2n) is 3.47. The summed E-state index contributed by atoms with van der Waals surface area (Å²) in [5.41, 5.74) is 5.83. The fourth-order valence-corrected chi connectivity index (χ4v) is 1.50. The first-order valence-corrected chi connectivity index (χ1v) is 4.29. The van der Waals surface area contributed by atoms with E-state index in [0.717, 1.165) is 12.5 Å². The number of nitrogens with two attached hydrogens (primary N) is 1. The molecular formula is C9H9FN2O2. The van der Waals surface area contributed by atoms with Gasteiger partial charge in [0.25, 0.3) is 5.69 Å². The molecule has 1 aliphatic carbocycles. The average Bonchev–Trinajstić information content (AvgIpc) is 2.82. The molecule has 5 heteroatoms. The van der Waals surface area contributed by atoms with Crippen molar-refractivity contribution in [3.63, 3.8) is 0 Å². The molecular weight excluding hydrogens is 187 g/mol. The Morgan fingerprint density at radius 3 is 2.64 bits per heavy atom. The molecule has 0 spiro atoms. The highest BCUT2D eigenvalue weighted by Crippen LogP contribution is 2.40. The zero-order valence-electron chi connectivity index (χ0n) is 7.31. The average molecular weight is 196 g/mol. The van der Waals surface area contributed by atoms with E-state index in [0.29, 0.717) is 5.56 Å². The van der Waals surface area contributed by atoms with Crippen LogP contribution in [0.25, 0.3) is 0 Å². The molecule has 1 saturated carbocycles. The summed E-state index contributed by atoms with van der Waals surface area (Å²) in [6.45, 7) is 0. The van der Waals surface area contributed by atoms with Crippen molar-refractivity contribution in [2.45, 2.75) is 18.4 Å². The summed E-state index contributed by atoms with van der Waals surface area (Å²) in [6, 6.07) is 3.71. The highest BCUT2D eigenvalue weighted by molar-refractivity contribution is 5.38. The van der Waals surface area contributed by atoms with Crippen LogP contribution in [-0.4, -0.2) is 11.0 Å². The Kier molecular flexibility index (Phi) is 1.96. The lowest BCUT2D eigenvalue weighted by molar-refractivity contribution is -0.385. The van der Waals surface area contributed by atoms with E-state index in [1.165, 1.54) is 12.1 Å². The van der Waals surface area contributed by atoms with E-state index in [1.54, 1.807) is 0 Å². The molecule has 74 valence electrons. The molecule has 1 fully saturated rings. The minimum Gasteiger partial charge on any atom is -0.327 e. The summed E-state index contributed by atoms with van der Waals surface area (Å²) < 4.78 is 13.3. The van der Waals surface area contributed by atoms with Crippen molar-refractivity contribution < 1.29 is 9.31 Å². The van der Waals surface area contributed by atoms with Crippen molar-refractivity contribution in [3.8, 4) is 0 Å². The molecule has 0 heterocycles. The molecule has 0 aliphatic heterocycles. The van der Waals surface area contributed by atoms with Crippen LogP contribution in [0.5, 0.6) is 0 Å². The van der Waals surface area contributed by atoms with Crippen LogP contribution >= 0.6 is 0 Å². The Morgan fingerprint density at radius 2 is 2.21 bits per heavy atom. The zero-order chi connectivity index (χ0) is 10.3. The van der Waals surface area contributed by atoms with Gasteiger partial charge in [-0.15, -0.1) is 0 Å². The number of rotatable bonds is 2. The molecule has 14 heavy (non-hydrogen) atoms. The maximum absolute atomic E-state index is 13.3. The quantitative estimate of drug-likeness (QED) is 0.576. The van der Waals surface area contributed by atoms with Crippen molar-refractivity contribution in [2.75, 3.05) is 0 Å². The summed E-state index contributed by atoms with van der Waals surface area (Å²) in [5, 5.41) is 10.3. The highest BCUT2D eigenvalue weighted by Gasteiger charge is 2.37. The number of halogens is 1. The molecule has 2 N–H and O–H groups in total. The highest BCUT2D eigenvalue weighted by atomic mass is 19.1. The predicted octanol–water partition coefficient (Wildman–Crippen LogP) is 1.55. The standard InChI is InChI=1S/C9H9FN2O2/c10-8-3-5(12(13)14)1-2-6(8)7-4-9(7)11/h1-3,7,9H,4,11H2/t7-,9+/m0/s1. The van der Waals surface area contributed by atoms with Gasteiger partial charge < -0.3 is 5.73 Å². The minimum atomic E-state index is -0.611. The first-order chi connectivity index (χ1) is 6.59. The third-order valence-corrected chi connectivity index (χ3v) is 2.43. The van der Waals surface area contributed by atoms with Crippen molar-refractivity contribution in [1.82, 2.24) is 0 Å². The van der Waals surface area contributed by atoms with Crippen LogP contribution in [0, 0.1) is 15.9 Å². The van der Waals surface area contributed by atoms with Gasteiger partial charge in [0.1, 0.15) is 5.82 Å². The van der Waals surface area contributed by atoms with Gasteiger partial charge in [-0.1, -0.05) is 0 Å². The molecule has 1 aromatic rings. The van der Waals surface area contributed by atoms with Gasteiger partial charge >= 0.3 is 0 Å². The Balaban J connectivity index is 2.32. The molecule has 2 atom stereocenters. The Hall–Kier alpha value is -1.49. The molecule has 4 nitrogen and oxygen atoms in total. The van der Waals surface area contributed by atoms with E-state index in [2.05, 4.69) is 0 Å². The van der Waals surface area contributed by atoms with Gasteiger partial charge in [-0.25, -0.2) is 4.39 Å². The van der Waals surface area contributed by atoms with Gasteiger partial charge in [0, 0.05) is 18.0 Å². The molecule has 1 aromatic carbocycles. The number of hydrogen-bond acceptors (Lipinski definition) is 3. The summed E-state index contributed by atoms with van der Waals surface area (Å²) in [5.74, 6) is -0.493. The minimum absolute atomic E-state index is 0.00551. The lowest BCUT2D eigenvalue weighted by atomic mass is 10.1. The van der Waals surface area contributed by atoms with E-state index in [1.807, 2.05) is 0 Å². The summed E-state index contributed by atoms with van der Waals surface area (Å²) in [6.07, 6.45) is 0.759. The summed E-state index contributed by atoms with van der Waals surface area (Å²) in [4.78, 5) is 9.72.